The first-order chi connectivity index (χ1) is 16.1. The van der Waals surface area contributed by atoms with E-state index < -0.39 is 37.6 Å². The second kappa shape index (κ2) is 9.75. The highest BCUT2D eigenvalue weighted by molar-refractivity contribution is 7.92. The third-order valence-electron chi connectivity index (χ3n) is 6.26. The van der Waals surface area contributed by atoms with Crippen LogP contribution in [0.1, 0.15) is 51.7 Å². The Bertz CT molecular complexity index is 1180. The van der Waals surface area contributed by atoms with Crippen molar-refractivity contribution >= 4 is 33.0 Å². The molecular weight excluding hydrogens is 503 g/mol. The number of alkyl halides is 3. The maximum Gasteiger partial charge on any atom is 0.418 e. The second-order valence-corrected chi connectivity index (χ2v) is 12.3. The zero-order chi connectivity index (χ0) is 26.2. The Balaban J connectivity index is 2.25. The molecule has 35 heavy (non-hydrogen) atoms. The summed E-state index contributed by atoms with van der Waals surface area (Å²) in [6.45, 7) is 6.70. The molecule has 0 aromatic heterocycles. The van der Waals surface area contributed by atoms with Crippen molar-refractivity contribution in [2.75, 3.05) is 24.7 Å². The summed E-state index contributed by atoms with van der Waals surface area (Å²) in [5.74, 6) is -0.465. The standard InChI is InChI=1S/C25H29ClF3NO4S/c1-5-30(22(31)23(2,3)4)21-11-6-17(16-20(21)25(27,28)29)24(12-14-34-15-13-24)35(32,33)19-9-7-18(26)8-10-19/h6-11,16H,5,12-15H2,1-4H3. The number of carbonyl (C=O) groups excluding carboxylic acids is 1. The zero-order valence-corrected chi connectivity index (χ0v) is 21.6. The average Bonchev–Trinajstić information content (AvgIpc) is 2.79. The Labute approximate surface area is 209 Å². The molecule has 0 atom stereocenters. The van der Waals surface area contributed by atoms with Crippen LogP contribution in [0.25, 0.3) is 0 Å². The molecule has 0 saturated carbocycles. The summed E-state index contributed by atoms with van der Waals surface area (Å²) in [6.07, 6.45) is -4.83. The molecule has 1 aliphatic rings. The van der Waals surface area contributed by atoms with Crippen LogP contribution in [0.4, 0.5) is 18.9 Å². The molecule has 2 aromatic carbocycles. The number of sulfone groups is 1. The molecule has 5 nitrogen and oxygen atoms in total. The maximum absolute atomic E-state index is 14.3. The largest absolute Gasteiger partial charge is 0.418 e. The molecule has 0 aliphatic carbocycles. The number of carbonyl (C=O) groups is 1. The number of benzene rings is 2. The Kier molecular flexibility index (Phi) is 7.65. The van der Waals surface area contributed by atoms with Crippen molar-refractivity contribution in [2.24, 2.45) is 5.41 Å². The summed E-state index contributed by atoms with van der Waals surface area (Å²) in [4.78, 5) is 14.0. The number of halogens is 4. The molecule has 1 amide bonds. The lowest BCUT2D eigenvalue weighted by atomic mass is 9.88. The predicted molar refractivity (Wildman–Crippen MR) is 129 cm³/mol. The van der Waals surface area contributed by atoms with Crippen LogP contribution in [0.15, 0.2) is 47.4 Å². The molecule has 1 heterocycles. The molecule has 1 fully saturated rings. The van der Waals surface area contributed by atoms with E-state index in [1.807, 2.05) is 0 Å². The second-order valence-electron chi connectivity index (χ2n) is 9.59. The van der Waals surface area contributed by atoms with E-state index in [9.17, 15) is 26.4 Å². The van der Waals surface area contributed by atoms with Gasteiger partial charge >= 0.3 is 6.18 Å². The van der Waals surface area contributed by atoms with E-state index in [4.69, 9.17) is 16.3 Å². The summed E-state index contributed by atoms with van der Waals surface area (Å²) in [5, 5.41) is 0.344. The lowest BCUT2D eigenvalue weighted by Gasteiger charge is -2.38. The Hall–Kier alpha value is -2.10. The number of ether oxygens (including phenoxy) is 1. The van der Waals surface area contributed by atoms with Crippen LogP contribution in [0.2, 0.25) is 5.02 Å². The lowest BCUT2D eigenvalue weighted by molar-refractivity contribution is -0.137. The SMILES string of the molecule is CCN(C(=O)C(C)(C)C)c1ccc(C2(S(=O)(=O)c3ccc(Cl)cc3)CCOCC2)cc1C(F)(F)F. The summed E-state index contributed by atoms with van der Waals surface area (Å²) >= 11 is 5.92. The van der Waals surface area contributed by atoms with E-state index in [-0.39, 0.29) is 48.7 Å². The van der Waals surface area contributed by atoms with Gasteiger partial charge in [-0.2, -0.15) is 13.2 Å². The third-order valence-corrected chi connectivity index (χ3v) is 9.08. The van der Waals surface area contributed by atoms with Gasteiger partial charge < -0.3 is 9.64 Å². The first-order valence-electron chi connectivity index (χ1n) is 11.3. The van der Waals surface area contributed by atoms with Crippen LogP contribution < -0.4 is 4.90 Å². The highest BCUT2D eigenvalue weighted by Gasteiger charge is 2.49. The smallest absolute Gasteiger partial charge is 0.381 e. The van der Waals surface area contributed by atoms with Gasteiger partial charge in [-0.15, -0.1) is 0 Å². The minimum Gasteiger partial charge on any atom is -0.381 e. The molecule has 192 valence electrons. The van der Waals surface area contributed by atoms with Gasteiger partial charge in [0, 0.05) is 30.2 Å². The van der Waals surface area contributed by atoms with Crippen LogP contribution in [-0.4, -0.2) is 34.1 Å². The first kappa shape index (κ1) is 27.5. The average molecular weight is 532 g/mol. The fraction of sp³-hybridized carbons (Fsp3) is 0.480. The van der Waals surface area contributed by atoms with Crippen LogP contribution >= 0.6 is 11.6 Å². The highest BCUT2D eigenvalue weighted by Crippen LogP contribution is 2.47. The van der Waals surface area contributed by atoms with Crippen LogP contribution in [0, 0.1) is 5.41 Å². The van der Waals surface area contributed by atoms with Gasteiger partial charge in [0.2, 0.25) is 5.91 Å². The number of anilines is 1. The van der Waals surface area contributed by atoms with Crippen molar-refractivity contribution in [3.05, 3.63) is 58.6 Å². The normalized spacial score (nSPS) is 16.7. The number of hydrogen-bond acceptors (Lipinski definition) is 4. The summed E-state index contributed by atoms with van der Waals surface area (Å²) < 4.78 is 74.4. The van der Waals surface area contributed by atoms with Crippen LogP contribution in [0.5, 0.6) is 0 Å². The van der Waals surface area contributed by atoms with Gasteiger partial charge in [0.25, 0.3) is 0 Å². The number of hydrogen-bond donors (Lipinski definition) is 0. The summed E-state index contributed by atoms with van der Waals surface area (Å²) in [5.41, 5.74) is -2.23. The minimum atomic E-state index is -4.81. The quantitative estimate of drug-likeness (QED) is 0.458. The molecular formula is C25H29ClF3NO4S. The van der Waals surface area contributed by atoms with E-state index in [0.717, 1.165) is 11.0 Å². The molecule has 0 radical (unpaired) electrons. The number of rotatable bonds is 5. The van der Waals surface area contributed by atoms with Gasteiger partial charge in [0.15, 0.2) is 9.84 Å². The summed E-state index contributed by atoms with van der Waals surface area (Å²) in [6, 6.07) is 9.06. The monoisotopic (exact) mass is 531 g/mol. The summed E-state index contributed by atoms with van der Waals surface area (Å²) in [7, 11) is -4.12. The molecule has 0 spiro atoms. The van der Waals surface area contributed by atoms with Crippen molar-refractivity contribution in [1.29, 1.82) is 0 Å². The van der Waals surface area contributed by atoms with E-state index in [1.54, 1.807) is 27.7 Å². The van der Waals surface area contributed by atoms with Crippen LogP contribution in [0.3, 0.4) is 0 Å². The molecule has 2 aromatic rings. The van der Waals surface area contributed by atoms with Gasteiger partial charge in [-0.05, 0) is 61.7 Å². The molecule has 0 bridgehead atoms. The van der Waals surface area contributed by atoms with Gasteiger partial charge in [0.1, 0.15) is 4.75 Å². The van der Waals surface area contributed by atoms with Crippen molar-refractivity contribution in [1.82, 2.24) is 0 Å². The number of nitrogens with zero attached hydrogens (tertiary/aromatic N) is 1. The first-order valence-corrected chi connectivity index (χ1v) is 13.1. The van der Waals surface area contributed by atoms with Crippen molar-refractivity contribution in [3.8, 4) is 0 Å². The maximum atomic E-state index is 14.3. The van der Waals surface area contributed by atoms with Crippen molar-refractivity contribution < 1.29 is 31.1 Å². The van der Waals surface area contributed by atoms with Crippen LogP contribution in [-0.2, 0) is 30.3 Å². The molecule has 1 aliphatic heterocycles. The van der Waals surface area contributed by atoms with E-state index in [1.165, 1.54) is 36.4 Å². The predicted octanol–water partition coefficient (Wildman–Crippen LogP) is 6.24. The van der Waals surface area contributed by atoms with E-state index >= 15 is 0 Å². The fourth-order valence-corrected chi connectivity index (χ4v) is 6.58. The van der Waals surface area contributed by atoms with E-state index in [2.05, 4.69) is 0 Å². The molecule has 0 unspecified atom stereocenters. The van der Waals surface area contributed by atoms with Gasteiger partial charge in [0.05, 0.1) is 16.1 Å². The molecule has 0 N–H and O–H groups in total. The van der Waals surface area contributed by atoms with Gasteiger partial charge in [-0.25, -0.2) is 8.42 Å². The van der Waals surface area contributed by atoms with Gasteiger partial charge in [-0.1, -0.05) is 38.4 Å². The Morgan fingerprint density at radius 1 is 1.06 bits per heavy atom. The minimum absolute atomic E-state index is 0.00693. The van der Waals surface area contributed by atoms with E-state index in [0.29, 0.717) is 5.02 Å². The topological polar surface area (TPSA) is 63.7 Å². The zero-order valence-electron chi connectivity index (χ0n) is 20.1. The van der Waals surface area contributed by atoms with Gasteiger partial charge in [-0.3, -0.25) is 4.79 Å². The molecule has 10 heteroatoms. The highest BCUT2D eigenvalue weighted by atomic mass is 35.5. The third kappa shape index (κ3) is 5.22. The number of amides is 1. The van der Waals surface area contributed by atoms with Crippen molar-refractivity contribution in [2.45, 2.75) is 56.4 Å². The lowest BCUT2D eigenvalue weighted by Crippen LogP contribution is -2.42. The Morgan fingerprint density at radius 2 is 1.63 bits per heavy atom. The molecule has 1 saturated heterocycles. The fourth-order valence-electron chi connectivity index (χ4n) is 4.36. The Morgan fingerprint density at radius 3 is 2.11 bits per heavy atom. The molecule has 3 rings (SSSR count). The van der Waals surface area contributed by atoms with Crippen molar-refractivity contribution in [3.63, 3.8) is 0 Å².